The maximum atomic E-state index is 5.93. The summed E-state index contributed by atoms with van der Waals surface area (Å²) in [7, 11) is 1.57. The van der Waals surface area contributed by atoms with Crippen molar-refractivity contribution in [3.8, 4) is 17.0 Å². The van der Waals surface area contributed by atoms with Crippen LogP contribution in [0.2, 0.25) is 10.2 Å². The van der Waals surface area contributed by atoms with Crippen molar-refractivity contribution in [2.75, 3.05) is 7.11 Å². The van der Waals surface area contributed by atoms with Crippen molar-refractivity contribution in [2.45, 2.75) is 0 Å². The third-order valence-corrected chi connectivity index (χ3v) is 2.59. The molecule has 3 nitrogen and oxygen atoms in total. The third-order valence-electron chi connectivity index (χ3n) is 2.08. The van der Waals surface area contributed by atoms with Crippen molar-refractivity contribution >= 4 is 23.2 Å². The van der Waals surface area contributed by atoms with E-state index in [1.54, 1.807) is 31.4 Å². The van der Waals surface area contributed by atoms with Gasteiger partial charge in [-0.2, -0.15) is 0 Å². The normalized spacial score (nSPS) is 10.2. The molecule has 1 heterocycles. The van der Waals surface area contributed by atoms with Crippen LogP contribution < -0.4 is 4.74 Å². The van der Waals surface area contributed by atoms with Gasteiger partial charge < -0.3 is 4.74 Å². The number of halogens is 2. The lowest BCUT2D eigenvalue weighted by atomic mass is 10.1. The monoisotopic (exact) mass is 254 g/mol. The van der Waals surface area contributed by atoms with Crippen LogP contribution in [-0.2, 0) is 0 Å². The fourth-order valence-corrected chi connectivity index (χ4v) is 1.58. The summed E-state index contributed by atoms with van der Waals surface area (Å²) >= 11 is 11.6. The third kappa shape index (κ3) is 2.26. The smallest absolute Gasteiger partial charge is 0.151 e. The van der Waals surface area contributed by atoms with E-state index in [1.165, 1.54) is 0 Å². The van der Waals surface area contributed by atoms with Crippen LogP contribution in [0.1, 0.15) is 0 Å². The summed E-state index contributed by atoms with van der Waals surface area (Å²) in [5.74, 6) is 0.607. The standard InChI is InChI=1S/C11H8Cl2N2O/c1-16-10-6-7(2-3-8(10)12)9-4-5-11(13)15-14-9/h2-6H,1H3. The molecule has 0 aliphatic carbocycles. The highest BCUT2D eigenvalue weighted by atomic mass is 35.5. The first-order chi connectivity index (χ1) is 7.70. The highest BCUT2D eigenvalue weighted by Crippen LogP contribution is 2.29. The van der Waals surface area contributed by atoms with Crippen LogP contribution in [0, 0.1) is 0 Å². The average molecular weight is 255 g/mol. The van der Waals surface area contributed by atoms with Crippen molar-refractivity contribution in [2.24, 2.45) is 0 Å². The van der Waals surface area contributed by atoms with E-state index in [4.69, 9.17) is 27.9 Å². The number of ether oxygens (including phenoxy) is 1. The van der Waals surface area contributed by atoms with Gasteiger partial charge in [0, 0.05) is 5.56 Å². The molecule has 82 valence electrons. The zero-order valence-corrected chi connectivity index (χ0v) is 9.96. The minimum absolute atomic E-state index is 0.365. The zero-order chi connectivity index (χ0) is 11.5. The maximum Gasteiger partial charge on any atom is 0.151 e. The molecule has 0 N–H and O–H groups in total. The summed E-state index contributed by atoms with van der Waals surface area (Å²) < 4.78 is 5.12. The molecular formula is C11H8Cl2N2O. The van der Waals surface area contributed by atoms with Gasteiger partial charge in [0.05, 0.1) is 17.8 Å². The van der Waals surface area contributed by atoms with Crippen LogP contribution in [0.5, 0.6) is 5.75 Å². The molecule has 0 atom stereocenters. The Morgan fingerprint density at radius 1 is 1.06 bits per heavy atom. The lowest BCUT2D eigenvalue weighted by molar-refractivity contribution is 0.415. The molecule has 0 saturated carbocycles. The minimum atomic E-state index is 0.365. The summed E-state index contributed by atoms with van der Waals surface area (Å²) in [6.07, 6.45) is 0. The first-order valence-corrected chi connectivity index (χ1v) is 5.29. The number of benzene rings is 1. The number of nitrogens with zero attached hydrogens (tertiary/aromatic N) is 2. The second-order valence-electron chi connectivity index (χ2n) is 3.09. The highest BCUT2D eigenvalue weighted by Gasteiger charge is 2.05. The first-order valence-electron chi connectivity index (χ1n) is 4.54. The number of aromatic nitrogens is 2. The molecule has 0 amide bonds. The van der Waals surface area contributed by atoms with E-state index in [0.717, 1.165) is 11.3 Å². The highest BCUT2D eigenvalue weighted by molar-refractivity contribution is 6.32. The number of hydrogen-bond acceptors (Lipinski definition) is 3. The molecule has 0 aliphatic heterocycles. The van der Waals surface area contributed by atoms with Crippen LogP contribution in [0.15, 0.2) is 30.3 Å². The van der Waals surface area contributed by atoms with E-state index in [0.29, 0.717) is 15.9 Å². The lowest BCUT2D eigenvalue weighted by Crippen LogP contribution is -1.89. The van der Waals surface area contributed by atoms with E-state index in [9.17, 15) is 0 Å². The molecule has 0 unspecified atom stereocenters. The number of rotatable bonds is 2. The molecule has 5 heteroatoms. The van der Waals surface area contributed by atoms with Crippen molar-refractivity contribution in [1.82, 2.24) is 10.2 Å². The van der Waals surface area contributed by atoms with E-state index < -0.39 is 0 Å². The summed E-state index contributed by atoms with van der Waals surface area (Å²) in [5.41, 5.74) is 1.60. The predicted octanol–water partition coefficient (Wildman–Crippen LogP) is 3.46. The molecule has 0 bridgehead atoms. The Bertz CT molecular complexity index is 500. The van der Waals surface area contributed by atoms with Gasteiger partial charge >= 0.3 is 0 Å². The predicted molar refractivity (Wildman–Crippen MR) is 64.0 cm³/mol. The Morgan fingerprint density at radius 2 is 1.88 bits per heavy atom. The van der Waals surface area contributed by atoms with Gasteiger partial charge in [0.1, 0.15) is 5.75 Å². The van der Waals surface area contributed by atoms with E-state index in [1.807, 2.05) is 6.07 Å². The van der Waals surface area contributed by atoms with Crippen molar-refractivity contribution in [3.05, 3.63) is 40.5 Å². The van der Waals surface area contributed by atoms with Crippen molar-refractivity contribution in [1.29, 1.82) is 0 Å². The fraction of sp³-hybridized carbons (Fsp3) is 0.0909. The van der Waals surface area contributed by atoms with Gasteiger partial charge in [-0.3, -0.25) is 0 Å². The summed E-state index contributed by atoms with van der Waals surface area (Å²) in [6, 6.07) is 8.89. The van der Waals surface area contributed by atoms with Crippen LogP contribution >= 0.6 is 23.2 Å². The molecular weight excluding hydrogens is 247 g/mol. The Hall–Kier alpha value is -1.32. The van der Waals surface area contributed by atoms with Crippen LogP contribution in [0.25, 0.3) is 11.3 Å². The maximum absolute atomic E-state index is 5.93. The second kappa shape index (κ2) is 4.68. The van der Waals surface area contributed by atoms with E-state index >= 15 is 0 Å². The molecule has 0 saturated heterocycles. The lowest BCUT2D eigenvalue weighted by Gasteiger charge is -2.05. The van der Waals surface area contributed by atoms with Crippen molar-refractivity contribution < 1.29 is 4.74 Å². The van der Waals surface area contributed by atoms with Gasteiger partial charge in [0.15, 0.2) is 5.15 Å². The average Bonchev–Trinajstić information content (AvgIpc) is 2.31. The number of hydrogen-bond donors (Lipinski definition) is 0. The van der Waals surface area contributed by atoms with Gasteiger partial charge in [-0.1, -0.05) is 29.3 Å². The molecule has 0 fully saturated rings. The topological polar surface area (TPSA) is 35.0 Å². The molecule has 0 spiro atoms. The molecule has 0 aliphatic rings. The van der Waals surface area contributed by atoms with Gasteiger partial charge in [-0.25, -0.2) is 0 Å². The van der Waals surface area contributed by atoms with Crippen LogP contribution in [-0.4, -0.2) is 17.3 Å². The SMILES string of the molecule is COc1cc(-c2ccc(Cl)nn2)ccc1Cl. The quantitative estimate of drug-likeness (QED) is 0.824. The Morgan fingerprint density at radius 3 is 2.50 bits per heavy atom. The summed E-state index contributed by atoms with van der Waals surface area (Å²) in [4.78, 5) is 0. The fourth-order valence-electron chi connectivity index (χ4n) is 1.29. The molecule has 1 aromatic heterocycles. The molecule has 1 aromatic carbocycles. The Balaban J connectivity index is 2.44. The largest absolute Gasteiger partial charge is 0.495 e. The Labute approximate surface area is 103 Å². The molecule has 0 radical (unpaired) electrons. The summed E-state index contributed by atoms with van der Waals surface area (Å²) in [6.45, 7) is 0. The zero-order valence-electron chi connectivity index (χ0n) is 8.45. The van der Waals surface area contributed by atoms with E-state index in [-0.39, 0.29) is 0 Å². The Kier molecular flexibility index (Phi) is 3.27. The minimum Gasteiger partial charge on any atom is -0.495 e. The van der Waals surface area contributed by atoms with Crippen molar-refractivity contribution in [3.63, 3.8) is 0 Å². The molecule has 2 aromatic rings. The molecule has 16 heavy (non-hydrogen) atoms. The second-order valence-corrected chi connectivity index (χ2v) is 3.89. The van der Waals surface area contributed by atoms with Crippen LogP contribution in [0.3, 0.4) is 0 Å². The first kappa shape index (κ1) is 11.2. The van der Waals surface area contributed by atoms with Gasteiger partial charge in [0.2, 0.25) is 0 Å². The molecule has 2 rings (SSSR count). The van der Waals surface area contributed by atoms with Gasteiger partial charge in [0.25, 0.3) is 0 Å². The van der Waals surface area contributed by atoms with Gasteiger partial charge in [-0.05, 0) is 24.3 Å². The van der Waals surface area contributed by atoms with Crippen LogP contribution in [0.4, 0.5) is 0 Å². The number of methoxy groups -OCH3 is 1. The van der Waals surface area contributed by atoms with E-state index in [2.05, 4.69) is 10.2 Å². The summed E-state index contributed by atoms with van der Waals surface area (Å²) in [5, 5.41) is 8.68. The van der Waals surface area contributed by atoms with Gasteiger partial charge in [-0.15, -0.1) is 10.2 Å².